The number of hydrogen-bond acceptors (Lipinski definition) is 1. The van der Waals surface area contributed by atoms with Gasteiger partial charge in [0, 0.05) is 22.5 Å². The second kappa shape index (κ2) is 15.8. The Hall–Kier alpha value is -6.96. The lowest BCUT2D eigenvalue weighted by molar-refractivity contribution is 0.660. The molecule has 0 atom stereocenters. The molecule has 10 rings (SSSR count). The van der Waals surface area contributed by atoms with Crippen molar-refractivity contribution in [2.24, 2.45) is 0 Å². The number of para-hydroxylation sites is 1. The van der Waals surface area contributed by atoms with Gasteiger partial charge in [-0.3, -0.25) is 0 Å². The minimum Gasteiger partial charge on any atom is -0.311 e. The van der Waals surface area contributed by atoms with Gasteiger partial charge in [-0.25, -0.2) is 0 Å². The molecular weight excluding hydrogens is 711 g/mol. The molecule has 0 amide bonds. The summed E-state index contributed by atoms with van der Waals surface area (Å²) in [6, 6.07) is 74.8. The van der Waals surface area contributed by atoms with Crippen LogP contribution in [0.15, 0.2) is 206 Å². The fourth-order valence-corrected chi connectivity index (χ4v) is 8.86. The van der Waals surface area contributed by atoms with Gasteiger partial charge in [0.2, 0.25) is 0 Å². The van der Waals surface area contributed by atoms with Crippen LogP contribution in [0.5, 0.6) is 0 Å². The molecule has 1 aliphatic carbocycles. The third-order valence-corrected chi connectivity index (χ3v) is 12.2. The standard InChI is InChI=1S/C51H41N.C7H8/c1-34-18-19-39(32-48(34)45-30-24-38-12-8-9-15-44(38)35(45)2)36-20-26-42(27-21-36)52(41-13-6-5-7-14-41)43-28-22-37(23-29-43)40-25-31-47-46-16-10-11-17-49(46)51(3,4)50(47)33-40;1-7-5-3-2-4-6-7/h5-33H,1-4H3;2-6H,1H3. The lowest BCUT2D eigenvalue weighted by Crippen LogP contribution is -2.14. The normalized spacial score (nSPS) is 12.3. The van der Waals surface area contributed by atoms with Gasteiger partial charge in [-0.05, 0) is 147 Å². The zero-order chi connectivity index (χ0) is 40.5. The summed E-state index contributed by atoms with van der Waals surface area (Å²) in [5.74, 6) is 0. The predicted octanol–water partition coefficient (Wildman–Crippen LogP) is 16.2. The first-order valence-electron chi connectivity index (χ1n) is 20.7. The zero-order valence-corrected chi connectivity index (χ0v) is 34.6. The lowest BCUT2D eigenvalue weighted by atomic mass is 9.81. The van der Waals surface area contributed by atoms with Crippen molar-refractivity contribution >= 4 is 27.8 Å². The van der Waals surface area contributed by atoms with Gasteiger partial charge in [-0.1, -0.05) is 177 Å². The van der Waals surface area contributed by atoms with Gasteiger partial charge in [-0.15, -0.1) is 0 Å². The molecule has 0 saturated carbocycles. The van der Waals surface area contributed by atoms with Crippen LogP contribution in [0.25, 0.3) is 55.3 Å². The molecule has 0 saturated heterocycles. The highest BCUT2D eigenvalue weighted by Gasteiger charge is 2.35. The molecule has 0 aliphatic heterocycles. The van der Waals surface area contributed by atoms with Crippen LogP contribution in [-0.2, 0) is 5.41 Å². The maximum Gasteiger partial charge on any atom is 0.0462 e. The molecule has 9 aromatic rings. The highest BCUT2D eigenvalue weighted by molar-refractivity contribution is 5.93. The molecule has 0 N–H and O–H groups in total. The van der Waals surface area contributed by atoms with Crippen LogP contribution < -0.4 is 4.90 Å². The summed E-state index contributed by atoms with van der Waals surface area (Å²) in [7, 11) is 0. The minimum atomic E-state index is -0.0202. The van der Waals surface area contributed by atoms with Crippen LogP contribution in [0.1, 0.15) is 41.7 Å². The highest BCUT2D eigenvalue weighted by atomic mass is 15.1. The van der Waals surface area contributed by atoms with Gasteiger partial charge < -0.3 is 4.90 Å². The minimum absolute atomic E-state index is 0.0202. The van der Waals surface area contributed by atoms with Crippen LogP contribution >= 0.6 is 0 Å². The SMILES string of the molecule is Cc1ccc(-c2ccc(N(c3ccccc3)c3ccc(-c4ccc5c(c4)C(C)(C)c4ccccc4-5)cc3)cc2)cc1-c1ccc2ccccc2c1C.Cc1ccccc1. The molecule has 1 aliphatic rings. The highest BCUT2D eigenvalue weighted by Crippen LogP contribution is 2.49. The molecule has 59 heavy (non-hydrogen) atoms. The number of anilines is 3. The number of nitrogens with zero attached hydrogens (tertiary/aromatic N) is 1. The number of benzene rings is 9. The van der Waals surface area contributed by atoms with E-state index in [2.05, 4.69) is 228 Å². The van der Waals surface area contributed by atoms with Crippen LogP contribution in [0, 0.1) is 20.8 Å². The van der Waals surface area contributed by atoms with E-state index in [-0.39, 0.29) is 5.41 Å². The average molecular weight is 760 g/mol. The van der Waals surface area contributed by atoms with Crippen LogP contribution in [0.2, 0.25) is 0 Å². The first-order chi connectivity index (χ1) is 28.8. The van der Waals surface area contributed by atoms with Crippen molar-refractivity contribution in [3.63, 3.8) is 0 Å². The van der Waals surface area contributed by atoms with Gasteiger partial charge in [0.25, 0.3) is 0 Å². The van der Waals surface area contributed by atoms with Crippen LogP contribution in [0.4, 0.5) is 17.1 Å². The Labute approximate surface area is 349 Å². The van der Waals surface area contributed by atoms with E-state index in [9.17, 15) is 0 Å². The third-order valence-electron chi connectivity index (χ3n) is 12.2. The molecule has 286 valence electrons. The van der Waals surface area contributed by atoms with E-state index in [0.29, 0.717) is 0 Å². The van der Waals surface area contributed by atoms with Gasteiger partial charge >= 0.3 is 0 Å². The second-order valence-electron chi connectivity index (χ2n) is 16.3. The zero-order valence-electron chi connectivity index (χ0n) is 34.6. The molecule has 1 nitrogen and oxygen atoms in total. The summed E-state index contributed by atoms with van der Waals surface area (Å²) in [6.45, 7) is 11.2. The Kier molecular flexibility index (Phi) is 10.0. The van der Waals surface area contributed by atoms with E-state index in [1.165, 1.54) is 83.1 Å². The Morgan fingerprint density at radius 3 is 1.53 bits per heavy atom. The Balaban J connectivity index is 0.000000583. The van der Waals surface area contributed by atoms with Gasteiger partial charge in [0.1, 0.15) is 0 Å². The summed E-state index contributed by atoms with van der Waals surface area (Å²) in [6.07, 6.45) is 0. The molecule has 0 radical (unpaired) electrons. The van der Waals surface area contributed by atoms with Gasteiger partial charge in [0.05, 0.1) is 0 Å². The maximum absolute atomic E-state index is 2.40. The Bertz CT molecular complexity index is 2900. The summed E-state index contributed by atoms with van der Waals surface area (Å²) in [5, 5.41) is 2.59. The van der Waals surface area contributed by atoms with Crippen molar-refractivity contribution in [1.82, 2.24) is 0 Å². The smallest absolute Gasteiger partial charge is 0.0462 e. The van der Waals surface area contributed by atoms with E-state index in [1.54, 1.807) is 0 Å². The summed E-state index contributed by atoms with van der Waals surface area (Å²) < 4.78 is 0. The van der Waals surface area contributed by atoms with Crippen molar-refractivity contribution < 1.29 is 0 Å². The fraction of sp³-hybridized carbons (Fsp3) is 0.103. The molecule has 9 aromatic carbocycles. The van der Waals surface area contributed by atoms with E-state index in [4.69, 9.17) is 0 Å². The molecule has 0 aromatic heterocycles. The quantitative estimate of drug-likeness (QED) is 0.163. The van der Waals surface area contributed by atoms with E-state index >= 15 is 0 Å². The first kappa shape index (κ1) is 37.6. The van der Waals surface area contributed by atoms with Crippen LogP contribution in [0.3, 0.4) is 0 Å². The second-order valence-corrected chi connectivity index (χ2v) is 16.3. The molecule has 1 heteroatoms. The monoisotopic (exact) mass is 759 g/mol. The fourth-order valence-electron chi connectivity index (χ4n) is 8.86. The van der Waals surface area contributed by atoms with Crippen molar-refractivity contribution in [2.45, 2.75) is 40.0 Å². The van der Waals surface area contributed by atoms with Crippen molar-refractivity contribution in [1.29, 1.82) is 0 Å². The third kappa shape index (κ3) is 7.26. The van der Waals surface area contributed by atoms with Gasteiger partial charge in [0.15, 0.2) is 0 Å². The lowest BCUT2D eigenvalue weighted by Gasteiger charge is -2.26. The number of rotatable bonds is 6. The number of aryl methyl sites for hydroxylation is 3. The molecular formula is C58H49N. The van der Waals surface area contributed by atoms with E-state index < -0.39 is 0 Å². The molecule has 0 unspecified atom stereocenters. The topological polar surface area (TPSA) is 3.24 Å². The number of hydrogen-bond donors (Lipinski definition) is 0. The average Bonchev–Trinajstić information content (AvgIpc) is 3.51. The van der Waals surface area contributed by atoms with E-state index in [1.807, 2.05) is 18.2 Å². The molecule has 0 fully saturated rings. The summed E-state index contributed by atoms with van der Waals surface area (Å²) in [5.41, 5.74) is 20.3. The van der Waals surface area contributed by atoms with Crippen molar-refractivity contribution in [3.8, 4) is 44.5 Å². The van der Waals surface area contributed by atoms with Crippen LogP contribution in [-0.4, -0.2) is 0 Å². The Morgan fingerprint density at radius 2 is 0.864 bits per heavy atom. The summed E-state index contributed by atoms with van der Waals surface area (Å²) >= 11 is 0. The molecule has 0 heterocycles. The van der Waals surface area contributed by atoms with Crippen molar-refractivity contribution in [3.05, 3.63) is 234 Å². The van der Waals surface area contributed by atoms with E-state index in [0.717, 1.165) is 17.1 Å². The number of fused-ring (bicyclic) bond motifs is 4. The molecule has 0 bridgehead atoms. The van der Waals surface area contributed by atoms with Gasteiger partial charge in [-0.2, -0.15) is 0 Å². The Morgan fingerprint density at radius 1 is 0.356 bits per heavy atom. The summed E-state index contributed by atoms with van der Waals surface area (Å²) in [4.78, 5) is 2.34. The van der Waals surface area contributed by atoms with Crippen molar-refractivity contribution in [2.75, 3.05) is 4.90 Å². The largest absolute Gasteiger partial charge is 0.311 e. The molecule has 0 spiro atoms. The first-order valence-corrected chi connectivity index (χ1v) is 20.7. The predicted molar refractivity (Wildman–Crippen MR) is 253 cm³/mol. The maximum atomic E-state index is 2.40.